The fourth-order valence-corrected chi connectivity index (χ4v) is 3.07. The Morgan fingerprint density at radius 1 is 1.53 bits per heavy atom. The summed E-state index contributed by atoms with van der Waals surface area (Å²) in [6.45, 7) is 2.09. The number of carbonyl (C=O) groups excluding carboxylic acids is 1. The van der Waals surface area contributed by atoms with E-state index in [1.54, 1.807) is 17.7 Å². The van der Waals surface area contributed by atoms with Gasteiger partial charge in [0, 0.05) is 11.9 Å². The number of nitrogens with zero attached hydrogens (tertiary/aromatic N) is 3. The molecule has 2 rings (SSSR count). The molecule has 0 aliphatic rings. The molecule has 0 saturated heterocycles. The lowest BCUT2D eigenvalue weighted by atomic mass is 10.3. The van der Waals surface area contributed by atoms with Crippen molar-refractivity contribution >= 4 is 28.9 Å². The van der Waals surface area contributed by atoms with Crippen LogP contribution in [0.4, 0.5) is 0 Å². The standard InChI is InChI=1S/C11H13N3OS2/c1-3-8-4-5-10(17-8)9(15)6-16-11-13-12-7-14(11)2/h4-5,7H,3,6H2,1-2H3. The van der Waals surface area contributed by atoms with Gasteiger partial charge in [0.15, 0.2) is 10.9 Å². The Hall–Kier alpha value is -1.14. The van der Waals surface area contributed by atoms with Crippen LogP contribution in [0.5, 0.6) is 0 Å². The number of hydrogen-bond acceptors (Lipinski definition) is 5. The maximum atomic E-state index is 11.9. The van der Waals surface area contributed by atoms with Gasteiger partial charge in [-0.15, -0.1) is 21.5 Å². The summed E-state index contributed by atoms with van der Waals surface area (Å²) in [4.78, 5) is 14.0. The second kappa shape index (κ2) is 5.46. The van der Waals surface area contributed by atoms with Gasteiger partial charge in [-0.25, -0.2) is 0 Å². The molecule has 4 nitrogen and oxygen atoms in total. The van der Waals surface area contributed by atoms with Gasteiger partial charge in [0.05, 0.1) is 10.6 Å². The highest BCUT2D eigenvalue weighted by Crippen LogP contribution is 2.21. The normalized spacial score (nSPS) is 10.7. The van der Waals surface area contributed by atoms with Gasteiger partial charge in [0.1, 0.15) is 6.33 Å². The van der Waals surface area contributed by atoms with Gasteiger partial charge in [-0.05, 0) is 18.6 Å². The molecule has 2 heterocycles. The Morgan fingerprint density at radius 2 is 2.35 bits per heavy atom. The monoisotopic (exact) mass is 267 g/mol. The van der Waals surface area contributed by atoms with Gasteiger partial charge in [-0.2, -0.15) is 0 Å². The minimum atomic E-state index is 0.155. The van der Waals surface area contributed by atoms with Crippen LogP contribution < -0.4 is 0 Å². The number of aryl methyl sites for hydroxylation is 2. The molecule has 0 aliphatic carbocycles. The van der Waals surface area contributed by atoms with E-state index in [-0.39, 0.29) is 5.78 Å². The molecule has 0 atom stereocenters. The first-order valence-electron chi connectivity index (χ1n) is 5.29. The van der Waals surface area contributed by atoms with Crippen LogP contribution >= 0.6 is 23.1 Å². The second-order valence-electron chi connectivity index (χ2n) is 3.56. The van der Waals surface area contributed by atoms with E-state index >= 15 is 0 Å². The molecule has 0 N–H and O–H groups in total. The molecule has 0 aromatic carbocycles. The summed E-state index contributed by atoms with van der Waals surface area (Å²) in [6.07, 6.45) is 2.61. The van der Waals surface area contributed by atoms with Crippen molar-refractivity contribution in [1.82, 2.24) is 14.8 Å². The van der Waals surface area contributed by atoms with Crippen LogP contribution in [0.3, 0.4) is 0 Å². The summed E-state index contributed by atoms with van der Waals surface area (Å²) in [7, 11) is 1.87. The van der Waals surface area contributed by atoms with Crippen molar-refractivity contribution in [2.45, 2.75) is 18.5 Å². The van der Waals surface area contributed by atoms with Gasteiger partial charge in [0.2, 0.25) is 0 Å². The van der Waals surface area contributed by atoms with Crippen LogP contribution in [0.25, 0.3) is 0 Å². The molecule has 2 aromatic heterocycles. The van der Waals surface area contributed by atoms with E-state index in [0.717, 1.165) is 16.5 Å². The van der Waals surface area contributed by atoms with Crippen molar-refractivity contribution in [2.24, 2.45) is 7.05 Å². The largest absolute Gasteiger partial charge is 0.312 e. The van der Waals surface area contributed by atoms with Crippen LogP contribution in [0.2, 0.25) is 0 Å². The molecule has 0 spiro atoms. The maximum absolute atomic E-state index is 11.9. The van der Waals surface area contributed by atoms with E-state index in [4.69, 9.17) is 0 Å². The lowest BCUT2D eigenvalue weighted by Crippen LogP contribution is -2.01. The number of rotatable bonds is 5. The van der Waals surface area contributed by atoms with E-state index in [1.165, 1.54) is 16.6 Å². The van der Waals surface area contributed by atoms with Crippen LogP contribution in [0.1, 0.15) is 21.5 Å². The third-order valence-electron chi connectivity index (χ3n) is 2.29. The lowest BCUT2D eigenvalue weighted by molar-refractivity contribution is 0.102. The summed E-state index contributed by atoms with van der Waals surface area (Å²) < 4.78 is 1.81. The first-order valence-corrected chi connectivity index (χ1v) is 7.09. The molecule has 90 valence electrons. The van der Waals surface area contributed by atoms with E-state index in [0.29, 0.717) is 5.75 Å². The van der Waals surface area contributed by atoms with Crippen LogP contribution in [-0.4, -0.2) is 26.3 Å². The van der Waals surface area contributed by atoms with Crippen molar-refractivity contribution in [1.29, 1.82) is 0 Å². The smallest absolute Gasteiger partial charge is 0.191 e. The number of Topliss-reactive ketones (excluding diaryl/α,β-unsaturated/α-hetero) is 1. The Morgan fingerprint density at radius 3 is 2.94 bits per heavy atom. The third kappa shape index (κ3) is 2.95. The van der Waals surface area contributed by atoms with Crippen molar-refractivity contribution in [3.8, 4) is 0 Å². The summed E-state index contributed by atoms with van der Waals surface area (Å²) in [5.74, 6) is 0.568. The fourth-order valence-electron chi connectivity index (χ4n) is 1.32. The van der Waals surface area contributed by atoms with Gasteiger partial charge < -0.3 is 4.57 Å². The Bertz CT molecular complexity index is 518. The zero-order valence-electron chi connectivity index (χ0n) is 9.71. The highest BCUT2D eigenvalue weighted by atomic mass is 32.2. The fraction of sp³-hybridized carbons (Fsp3) is 0.364. The van der Waals surface area contributed by atoms with Crippen molar-refractivity contribution in [2.75, 3.05) is 5.75 Å². The van der Waals surface area contributed by atoms with E-state index in [9.17, 15) is 4.79 Å². The summed E-state index contributed by atoms with van der Waals surface area (Å²) in [5, 5.41) is 8.47. The van der Waals surface area contributed by atoms with Gasteiger partial charge in [-0.3, -0.25) is 4.79 Å². The molecular weight excluding hydrogens is 254 g/mol. The van der Waals surface area contributed by atoms with E-state index < -0.39 is 0 Å². The summed E-state index contributed by atoms with van der Waals surface area (Å²) >= 11 is 3.00. The van der Waals surface area contributed by atoms with Gasteiger partial charge >= 0.3 is 0 Å². The van der Waals surface area contributed by atoms with E-state index in [2.05, 4.69) is 17.1 Å². The number of ketones is 1. The highest BCUT2D eigenvalue weighted by Gasteiger charge is 2.11. The average Bonchev–Trinajstić information content (AvgIpc) is 2.94. The molecule has 0 saturated carbocycles. The minimum absolute atomic E-state index is 0.155. The second-order valence-corrected chi connectivity index (χ2v) is 5.67. The van der Waals surface area contributed by atoms with Gasteiger partial charge in [0.25, 0.3) is 0 Å². The predicted octanol–water partition coefficient (Wildman–Crippen LogP) is 2.41. The first-order chi connectivity index (χ1) is 8.20. The number of thioether (sulfide) groups is 1. The van der Waals surface area contributed by atoms with Crippen molar-refractivity contribution in [3.05, 3.63) is 28.2 Å². The van der Waals surface area contributed by atoms with Crippen molar-refractivity contribution < 1.29 is 4.79 Å². The summed E-state index contributed by atoms with van der Waals surface area (Å²) in [5.41, 5.74) is 0. The molecule has 17 heavy (non-hydrogen) atoms. The Balaban J connectivity index is 1.95. The topological polar surface area (TPSA) is 47.8 Å². The zero-order chi connectivity index (χ0) is 12.3. The number of carbonyl (C=O) groups is 1. The molecule has 0 aliphatic heterocycles. The molecule has 0 unspecified atom stereocenters. The van der Waals surface area contributed by atoms with Crippen LogP contribution in [0.15, 0.2) is 23.6 Å². The maximum Gasteiger partial charge on any atom is 0.191 e. The molecule has 0 amide bonds. The van der Waals surface area contributed by atoms with Crippen LogP contribution in [0, 0.1) is 0 Å². The van der Waals surface area contributed by atoms with E-state index in [1.807, 2.05) is 23.7 Å². The Labute approximate surface area is 108 Å². The first kappa shape index (κ1) is 12.3. The van der Waals surface area contributed by atoms with Crippen LogP contribution in [-0.2, 0) is 13.5 Å². The lowest BCUT2D eigenvalue weighted by Gasteiger charge is -1.98. The third-order valence-corrected chi connectivity index (χ3v) is 4.59. The molecule has 2 aromatic rings. The number of aromatic nitrogens is 3. The SMILES string of the molecule is CCc1ccc(C(=O)CSc2nncn2C)s1. The zero-order valence-corrected chi connectivity index (χ0v) is 11.3. The number of thiophene rings is 1. The molecule has 0 radical (unpaired) electrons. The molecule has 0 bridgehead atoms. The summed E-state index contributed by atoms with van der Waals surface area (Å²) in [6, 6.07) is 3.92. The predicted molar refractivity (Wildman–Crippen MR) is 69.8 cm³/mol. The molecule has 0 fully saturated rings. The number of hydrogen-bond donors (Lipinski definition) is 0. The quantitative estimate of drug-likeness (QED) is 0.616. The Kier molecular flexibility index (Phi) is 3.96. The highest BCUT2D eigenvalue weighted by molar-refractivity contribution is 7.99. The van der Waals surface area contributed by atoms with Crippen molar-refractivity contribution in [3.63, 3.8) is 0 Å². The average molecular weight is 267 g/mol. The molecular formula is C11H13N3OS2. The minimum Gasteiger partial charge on any atom is -0.312 e. The van der Waals surface area contributed by atoms with Gasteiger partial charge in [-0.1, -0.05) is 18.7 Å². The molecule has 6 heteroatoms.